The Kier molecular flexibility index (Phi) is 8.23. The number of anilines is 4. The van der Waals surface area contributed by atoms with E-state index in [2.05, 4.69) is 41.7 Å². The molecule has 9 nitrogen and oxygen atoms in total. The molecule has 3 N–H and O–H groups in total. The number of allylic oxidation sites excluding steroid dienone is 2. The van der Waals surface area contributed by atoms with Crippen LogP contribution in [-0.4, -0.2) is 54.3 Å². The van der Waals surface area contributed by atoms with Gasteiger partial charge in [-0.05, 0) is 83.3 Å². The summed E-state index contributed by atoms with van der Waals surface area (Å²) in [4.78, 5) is 11.0. The Bertz CT molecular complexity index is 1430. The molecule has 0 radical (unpaired) electrons. The van der Waals surface area contributed by atoms with Crippen LogP contribution in [-0.2, 0) is 14.8 Å². The number of nitrogens with one attached hydrogen (secondary N) is 3. The summed E-state index contributed by atoms with van der Waals surface area (Å²) in [5.41, 5.74) is 7.70. The lowest BCUT2D eigenvalue weighted by atomic mass is 10.2. The van der Waals surface area contributed by atoms with E-state index in [-0.39, 0.29) is 11.7 Å². The average Bonchev–Trinajstić information content (AvgIpc) is 3.35. The summed E-state index contributed by atoms with van der Waals surface area (Å²) in [5.74, 6) is 0.218. The van der Waals surface area contributed by atoms with Gasteiger partial charge in [0.15, 0.2) is 5.83 Å². The van der Waals surface area contributed by atoms with Gasteiger partial charge in [-0.2, -0.15) is 4.98 Å². The quantitative estimate of drug-likeness (QED) is 0.362. The molecule has 1 aliphatic heterocycles. The topological polar surface area (TPSA) is 108 Å². The molecule has 1 saturated heterocycles. The number of halogens is 1. The van der Waals surface area contributed by atoms with Crippen molar-refractivity contribution in [2.24, 2.45) is 0 Å². The van der Waals surface area contributed by atoms with E-state index in [1.54, 1.807) is 51.2 Å². The molecule has 1 fully saturated rings. The Balaban J connectivity index is 1.44. The van der Waals surface area contributed by atoms with Crippen LogP contribution < -0.4 is 15.4 Å². The van der Waals surface area contributed by atoms with Gasteiger partial charge in [0.2, 0.25) is 21.7 Å². The molecule has 0 bridgehead atoms. The van der Waals surface area contributed by atoms with Gasteiger partial charge in [-0.25, -0.2) is 17.8 Å². The van der Waals surface area contributed by atoms with E-state index in [1.807, 2.05) is 6.92 Å². The molecule has 2 heterocycles. The number of sulfonamides is 1. The molecule has 1 aliphatic carbocycles. The molecular weight excluding hydrogens is 507 g/mol. The van der Waals surface area contributed by atoms with E-state index in [1.165, 1.54) is 18.9 Å². The molecule has 2 aliphatic rings. The second-order valence-corrected chi connectivity index (χ2v) is 12.6. The maximum Gasteiger partial charge on any atom is 0.237 e. The fraction of sp³-hybridized carbons (Fsp3) is 0.407. The standard InChI is InChI=1S/C27H33FN6O3S/c1-19-18-29-26(31-21-10-11-24(23(28)17-21)37-15-14-34-12-5-6-13-34)32-25(19)30-20-8-7-9-22(16-20)33-38(35,36)27(2,3)4/h7-9,16-18,33H,5-6,12-15H2,1-4H3,(H2,29,30,31,32). The van der Waals surface area contributed by atoms with Crippen LogP contribution in [0.15, 0.2) is 65.3 Å². The number of hydrogen-bond donors (Lipinski definition) is 3. The summed E-state index contributed by atoms with van der Waals surface area (Å²) >= 11 is 0. The molecule has 0 amide bonds. The highest BCUT2D eigenvalue weighted by molar-refractivity contribution is 7.94. The summed E-state index contributed by atoms with van der Waals surface area (Å²) < 4.78 is 46.8. The Labute approximate surface area is 223 Å². The highest BCUT2D eigenvalue weighted by Gasteiger charge is 2.28. The number of nitrogens with zero attached hydrogens (tertiary/aromatic N) is 3. The van der Waals surface area contributed by atoms with Crippen LogP contribution in [0, 0.1) is 6.92 Å². The first kappa shape index (κ1) is 27.4. The zero-order valence-electron chi connectivity index (χ0n) is 22.1. The first-order valence-electron chi connectivity index (χ1n) is 12.5. The van der Waals surface area contributed by atoms with Crippen molar-refractivity contribution in [3.63, 3.8) is 0 Å². The molecule has 0 unspecified atom stereocenters. The lowest BCUT2D eigenvalue weighted by Gasteiger charge is -2.20. The maximum absolute atomic E-state index is 14.6. The normalized spacial score (nSPS) is 16.0. The smallest absolute Gasteiger partial charge is 0.237 e. The first-order chi connectivity index (χ1) is 18.0. The zero-order valence-corrected chi connectivity index (χ0v) is 22.9. The predicted octanol–water partition coefficient (Wildman–Crippen LogP) is 4.98. The van der Waals surface area contributed by atoms with E-state index in [0.29, 0.717) is 29.5 Å². The molecular formula is C27H33FN6O3S. The van der Waals surface area contributed by atoms with Gasteiger partial charge in [-0.1, -0.05) is 6.07 Å². The van der Waals surface area contributed by atoms with E-state index in [9.17, 15) is 12.8 Å². The Morgan fingerprint density at radius 2 is 1.87 bits per heavy atom. The number of aryl methyl sites for hydroxylation is 1. The van der Waals surface area contributed by atoms with Crippen LogP contribution in [0.25, 0.3) is 0 Å². The largest absolute Gasteiger partial charge is 0.482 e. The molecule has 0 atom stereocenters. The molecule has 4 rings (SSSR count). The highest BCUT2D eigenvalue weighted by atomic mass is 32.2. The average molecular weight is 541 g/mol. The van der Waals surface area contributed by atoms with Crippen LogP contribution in [0.5, 0.6) is 0 Å². The van der Waals surface area contributed by atoms with Crippen molar-refractivity contribution >= 4 is 33.2 Å². The molecule has 38 heavy (non-hydrogen) atoms. The van der Waals surface area contributed by atoms with E-state index >= 15 is 0 Å². The monoisotopic (exact) mass is 540 g/mol. The summed E-state index contributed by atoms with van der Waals surface area (Å²) in [6.07, 6.45) is 5.28. The van der Waals surface area contributed by atoms with Gasteiger partial charge < -0.3 is 15.4 Å². The molecule has 1 aromatic heterocycles. The fourth-order valence-electron chi connectivity index (χ4n) is 3.72. The van der Waals surface area contributed by atoms with Gasteiger partial charge in [-0.15, -0.1) is 0 Å². The van der Waals surface area contributed by atoms with Crippen molar-refractivity contribution in [2.75, 3.05) is 41.6 Å². The molecule has 0 saturated carbocycles. The predicted molar refractivity (Wildman–Crippen MR) is 147 cm³/mol. The number of aromatic nitrogens is 2. The fourth-order valence-corrected chi connectivity index (χ4v) is 4.47. The highest BCUT2D eigenvalue weighted by Crippen LogP contribution is 2.25. The minimum absolute atomic E-state index is 0.0314. The van der Waals surface area contributed by atoms with Crippen LogP contribution >= 0.6 is 0 Å². The summed E-state index contributed by atoms with van der Waals surface area (Å²) in [6.45, 7) is 9.99. The van der Waals surface area contributed by atoms with Crippen LogP contribution in [0.3, 0.4) is 0 Å². The minimum Gasteiger partial charge on any atom is -0.482 e. The third-order valence-electron chi connectivity index (χ3n) is 6.05. The van der Waals surface area contributed by atoms with Gasteiger partial charge >= 0.3 is 0 Å². The van der Waals surface area contributed by atoms with Gasteiger partial charge in [0.25, 0.3) is 0 Å². The van der Waals surface area contributed by atoms with Crippen molar-refractivity contribution in [1.82, 2.24) is 14.9 Å². The zero-order chi connectivity index (χ0) is 27.3. The van der Waals surface area contributed by atoms with Gasteiger partial charge in [-0.3, -0.25) is 9.62 Å². The molecule has 202 valence electrons. The van der Waals surface area contributed by atoms with Crippen molar-refractivity contribution in [1.29, 1.82) is 0 Å². The SMILES string of the molecule is Cc1cnc(NC2=C=C=C(OCCN3CCCC3)C(F)=C2)nc1Nc1cccc(NS(=O)(=O)C(C)(C)C)c1. The van der Waals surface area contributed by atoms with Gasteiger partial charge in [0.1, 0.15) is 12.4 Å². The van der Waals surface area contributed by atoms with Crippen LogP contribution in [0.1, 0.15) is 39.2 Å². The molecule has 2 aromatic rings. The number of rotatable bonds is 10. The van der Waals surface area contributed by atoms with E-state index in [0.717, 1.165) is 25.2 Å². The second-order valence-electron chi connectivity index (χ2n) is 10.2. The first-order valence-corrected chi connectivity index (χ1v) is 14.0. The van der Waals surface area contributed by atoms with Crippen molar-refractivity contribution in [3.05, 3.63) is 70.8 Å². The molecule has 11 heteroatoms. The summed E-state index contributed by atoms with van der Waals surface area (Å²) in [5, 5.41) is 6.13. The van der Waals surface area contributed by atoms with E-state index < -0.39 is 20.6 Å². The third-order valence-corrected chi connectivity index (χ3v) is 8.17. The molecule has 1 aromatic carbocycles. The minimum atomic E-state index is -3.57. The second kappa shape index (κ2) is 11.4. The number of likely N-dealkylation sites (tertiary alicyclic amines) is 1. The maximum atomic E-state index is 14.6. The van der Waals surface area contributed by atoms with Crippen molar-refractivity contribution < 1.29 is 17.5 Å². The van der Waals surface area contributed by atoms with Crippen LogP contribution in [0.4, 0.5) is 27.5 Å². The van der Waals surface area contributed by atoms with Crippen molar-refractivity contribution in [3.8, 4) is 0 Å². The van der Waals surface area contributed by atoms with Crippen molar-refractivity contribution in [2.45, 2.75) is 45.3 Å². The number of ether oxygens (including phenoxy) is 1. The number of benzene rings is 1. The van der Waals surface area contributed by atoms with Crippen LogP contribution in [0.2, 0.25) is 0 Å². The Morgan fingerprint density at radius 1 is 1.13 bits per heavy atom. The molecule has 0 spiro atoms. The van der Waals surface area contributed by atoms with Gasteiger partial charge in [0, 0.05) is 30.1 Å². The summed E-state index contributed by atoms with van der Waals surface area (Å²) in [7, 11) is -3.57. The lowest BCUT2D eigenvalue weighted by molar-refractivity contribution is 0.170. The van der Waals surface area contributed by atoms with Gasteiger partial charge in [0.05, 0.1) is 16.1 Å². The van der Waals surface area contributed by atoms with E-state index in [4.69, 9.17) is 4.74 Å². The third kappa shape index (κ3) is 7.02. The Hall–Kier alpha value is -3.62. The number of hydrogen-bond acceptors (Lipinski definition) is 8. The summed E-state index contributed by atoms with van der Waals surface area (Å²) in [6, 6.07) is 6.89. The lowest BCUT2D eigenvalue weighted by Crippen LogP contribution is -2.33. The Morgan fingerprint density at radius 3 is 2.58 bits per heavy atom.